The number of allylic oxidation sites excluding steroid dienone is 6. The Labute approximate surface area is 69.6 Å². The lowest BCUT2D eigenvalue weighted by Gasteiger charge is -1.99. The Hall–Kier alpha value is -1.04. The van der Waals surface area contributed by atoms with Gasteiger partial charge in [0.2, 0.25) is 0 Å². The Balaban J connectivity index is 4.59. The van der Waals surface area contributed by atoms with E-state index in [2.05, 4.69) is 13.2 Å². The summed E-state index contributed by atoms with van der Waals surface area (Å²) in [7, 11) is 0. The van der Waals surface area contributed by atoms with Crippen molar-refractivity contribution in [3.63, 3.8) is 0 Å². The minimum atomic E-state index is 1.06. The Morgan fingerprint density at radius 2 is 1.73 bits per heavy atom. The summed E-state index contributed by atoms with van der Waals surface area (Å²) in [6, 6.07) is 0. The molecule has 0 saturated heterocycles. The van der Waals surface area contributed by atoms with Gasteiger partial charge in [0, 0.05) is 0 Å². The number of hydrogen-bond donors (Lipinski definition) is 0. The summed E-state index contributed by atoms with van der Waals surface area (Å²) < 4.78 is 0. The highest BCUT2D eigenvalue weighted by molar-refractivity contribution is 5.40. The van der Waals surface area contributed by atoms with Crippen LogP contribution in [0.15, 0.2) is 48.1 Å². The van der Waals surface area contributed by atoms with Crippen LogP contribution in [0.25, 0.3) is 0 Å². The van der Waals surface area contributed by atoms with Crippen LogP contribution in [0.2, 0.25) is 0 Å². The molecule has 0 atom stereocenters. The van der Waals surface area contributed by atoms with Crippen LogP contribution < -0.4 is 0 Å². The molecule has 0 aliphatic rings. The molecule has 0 N–H and O–H groups in total. The standard InChI is InChI=1S/C11H16/c1-6-7-11(10(4)5)8-9(2)3/h6-8H,2,4H2,1,3,5H3/b7-6-,11-8-. The molecule has 0 spiro atoms. The molecular formula is C11H16. The highest BCUT2D eigenvalue weighted by atomic mass is 14.0. The molecule has 60 valence electrons. The second kappa shape index (κ2) is 4.73. The zero-order chi connectivity index (χ0) is 8.85. The van der Waals surface area contributed by atoms with Crippen molar-refractivity contribution in [1.29, 1.82) is 0 Å². The Morgan fingerprint density at radius 1 is 1.18 bits per heavy atom. The SMILES string of the molecule is C=C(C)/C=C(/C=C\C)C(=C)C. The minimum Gasteiger partial charge on any atom is -0.0961 e. The third kappa shape index (κ3) is 4.38. The number of rotatable bonds is 3. The van der Waals surface area contributed by atoms with Crippen LogP contribution in [0.1, 0.15) is 20.8 Å². The summed E-state index contributed by atoms with van der Waals surface area (Å²) in [4.78, 5) is 0. The highest BCUT2D eigenvalue weighted by Crippen LogP contribution is 2.10. The molecule has 0 aliphatic heterocycles. The monoisotopic (exact) mass is 148 g/mol. The molecule has 11 heavy (non-hydrogen) atoms. The molecule has 0 heterocycles. The first-order valence-electron chi connectivity index (χ1n) is 3.73. The van der Waals surface area contributed by atoms with Crippen molar-refractivity contribution in [2.24, 2.45) is 0 Å². The van der Waals surface area contributed by atoms with Crippen molar-refractivity contribution >= 4 is 0 Å². The van der Waals surface area contributed by atoms with Crippen LogP contribution in [0.3, 0.4) is 0 Å². The van der Waals surface area contributed by atoms with Gasteiger partial charge in [0.25, 0.3) is 0 Å². The van der Waals surface area contributed by atoms with Crippen LogP contribution in [0.4, 0.5) is 0 Å². The summed E-state index contributed by atoms with van der Waals surface area (Å²) in [5, 5.41) is 0. The summed E-state index contributed by atoms with van der Waals surface area (Å²) >= 11 is 0. The Bertz CT molecular complexity index is 214. The van der Waals surface area contributed by atoms with Gasteiger partial charge in [-0.1, -0.05) is 42.5 Å². The molecule has 0 rings (SSSR count). The van der Waals surface area contributed by atoms with Gasteiger partial charge in [-0.2, -0.15) is 0 Å². The Morgan fingerprint density at radius 3 is 2.00 bits per heavy atom. The molecule has 0 aromatic carbocycles. The normalized spacial score (nSPS) is 12.1. The summed E-state index contributed by atoms with van der Waals surface area (Å²) in [6.07, 6.45) is 6.07. The fourth-order valence-corrected chi connectivity index (χ4v) is 0.759. The largest absolute Gasteiger partial charge is 0.0961 e. The average Bonchev–Trinajstić information content (AvgIpc) is 1.86. The molecule has 0 aliphatic carbocycles. The van der Waals surface area contributed by atoms with E-state index in [-0.39, 0.29) is 0 Å². The zero-order valence-corrected chi connectivity index (χ0v) is 7.65. The van der Waals surface area contributed by atoms with Gasteiger partial charge in [-0.3, -0.25) is 0 Å². The maximum Gasteiger partial charge on any atom is -0.0234 e. The maximum atomic E-state index is 3.87. The summed E-state index contributed by atoms with van der Waals surface area (Å²) in [5.74, 6) is 0. The zero-order valence-electron chi connectivity index (χ0n) is 7.65. The van der Waals surface area contributed by atoms with Crippen LogP contribution in [-0.2, 0) is 0 Å². The lowest BCUT2D eigenvalue weighted by molar-refractivity contribution is 1.41. The van der Waals surface area contributed by atoms with Gasteiger partial charge < -0.3 is 0 Å². The smallest absolute Gasteiger partial charge is 0.0234 e. The van der Waals surface area contributed by atoms with Crippen molar-refractivity contribution in [3.8, 4) is 0 Å². The molecule has 0 aromatic rings. The van der Waals surface area contributed by atoms with E-state index in [1.165, 1.54) is 0 Å². The molecule has 0 aromatic heterocycles. The van der Waals surface area contributed by atoms with Gasteiger partial charge >= 0.3 is 0 Å². The van der Waals surface area contributed by atoms with Crippen molar-refractivity contribution in [1.82, 2.24) is 0 Å². The lowest BCUT2D eigenvalue weighted by Crippen LogP contribution is -1.79. The predicted molar refractivity (Wildman–Crippen MR) is 52.5 cm³/mol. The van der Waals surface area contributed by atoms with Gasteiger partial charge in [0.15, 0.2) is 0 Å². The quantitative estimate of drug-likeness (QED) is 0.536. The molecule has 0 saturated carbocycles. The van der Waals surface area contributed by atoms with E-state index in [0.717, 1.165) is 16.7 Å². The molecule has 0 radical (unpaired) electrons. The molecule has 0 fully saturated rings. The van der Waals surface area contributed by atoms with Gasteiger partial charge in [-0.15, -0.1) is 0 Å². The molecular weight excluding hydrogens is 132 g/mol. The fraction of sp³-hybridized carbons (Fsp3) is 0.273. The topological polar surface area (TPSA) is 0 Å². The van der Waals surface area contributed by atoms with Crippen LogP contribution >= 0.6 is 0 Å². The Kier molecular flexibility index (Phi) is 4.28. The summed E-state index contributed by atoms with van der Waals surface area (Å²) in [5.41, 5.74) is 3.28. The van der Waals surface area contributed by atoms with Crippen molar-refractivity contribution in [3.05, 3.63) is 48.1 Å². The van der Waals surface area contributed by atoms with Crippen molar-refractivity contribution in [2.45, 2.75) is 20.8 Å². The van der Waals surface area contributed by atoms with E-state index in [0.29, 0.717) is 0 Å². The van der Waals surface area contributed by atoms with Crippen molar-refractivity contribution in [2.75, 3.05) is 0 Å². The van der Waals surface area contributed by atoms with E-state index in [1.54, 1.807) is 0 Å². The first-order valence-corrected chi connectivity index (χ1v) is 3.73. The van der Waals surface area contributed by atoms with E-state index >= 15 is 0 Å². The van der Waals surface area contributed by atoms with Crippen molar-refractivity contribution < 1.29 is 0 Å². The highest BCUT2D eigenvalue weighted by Gasteiger charge is 1.90. The second-order valence-corrected chi connectivity index (χ2v) is 2.73. The molecule has 0 bridgehead atoms. The minimum absolute atomic E-state index is 1.06. The van der Waals surface area contributed by atoms with E-state index in [9.17, 15) is 0 Å². The van der Waals surface area contributed by atoms with Crippen LogP contribution in [-0.4, -0.2) is 0 Å². The van der Waals surface area contributed by atoms with Crippen LogP contribution in [0.5, 0.6) is 0 Å². The van der Waals surface area contributed by atoms with Gasteiger partial charge in [0.1, 0.15) is 0 Å². The predicted octanol–water partition coefficient (Wildman–Crippen LogP) is 3.64. The maximum absolute atomic E-state index is 3.87. The van der Waals surface area contributed by atoms with E-state index < -0.39 is 0 Å². The second-order valence-electron chi connectivity index (χ2n) is 2.73. The van der Waals surface area contributed by atoms with Gasteiger partial charge in [-0.25, -0.2) is 0 Å². The number of hydrogen-bond acceptors (Lipinski definition) is 0. The van der Waals surface area contributed by atoms with E-state index in [1.807, 2.05) is 39.0 Å². The fourth-order valence-electron chi connectivity index (χ4n) is 0.759. The molecule has 0 amide bonds. The molecule has 0 unspecified atom stereocenters. The third-order valence-corrected chi connectivity index (χ3v) is 1.24. The van der Waals surface area contributed by atoms with Gasteiger partial charge in [-0.05, 0) is 26.3 Å². The van der Waals surface area contributed by atoms with Crippen LogP contribution in [0, 0.1) is 0 Å². The third-order valence-electron chi connectivity index (χ3n) is 1.24. The molecule has 0 nitrogen and oxygen atoms in total. The average molecular weight is 148 g/mol. The van der Waals surface area contributed by atoms with E-state index in [4.69, 9.17) is 0 Å². The first-order chi connectivity index (χ1) is 5.07. The van der Waals surface area contributed by atoms with Gasteiger partial charge in [0.05, 0.1) is 0 Å². The summed E-state index contributed by atoms with van der Waals surface area (Å²) in [6.45, 7) is 13.6. The lowest BCUT2D eigenvalue weighted by atomic mass is 10.1. The first kappa shape index (κ1) is 9.96. The molecule has 0 heteroatoms.